The number of hydrogen-bond donors (Lipinski definition) is 4. The maximum atomic E-state index is 11.8. The van der Waals surface area contributed by atoms with E-state index < -0.39 is 22.4 Å². The fraction of sp³-hybridized carbons (Fsp3) is 0.375. The van der Waals surface area contributed by atoms with Gasteiger partial charge in [0.25, 0.3) is 0 Å². The van der Waals surface area contributed by atoms with E-state index in [1.54, 1.807) is 41.6 Å². The van der Waals surface area contributed by atoms with Crippen LogP contribution >= 0.6 is 0 Å². The Bertz CT molecular complexity index is 792. The molecular weight excluding hydrogens is 346 g/mol. The molecular formula is C16H21N3O5S. The molecule has 1 amide bonds. The van der Waals surface area contributed by atoms with Gasteiger partial charge in [-0.25, -0.2) is 9.69 Å². The van der Waals surface area contributed by atoms with E-state index in [4.69, 9.17) is 9.76 Å². The summed E-state index contributed by atoms with van der Waals surface area (Å²) in [5, 5.41) is 22.7. The third-order valence-electron chi connectivity index (χ3n) is 4.15. The molecule has 0 aliphatic rings. The highest BCUT2D eigenvalue weighted by molar-refractivity contribution is 7.79. The van der Waals surface area contributed by atoms with E-state index in [2.05, 4.69) is 5.10 Å². The summed E-state index contributed by atoms with van der Waals surface area (Å²) < 4.78 is 21.8. The van der Waals surface area contributed by atoms with Crippen LogP contribution in [-0.4, -0.2) is 40.5 Å². The molecule has 4 N–H and O–H groups in total. The standard InChI is InChI=1S/C16H21N3O5S/c1-11-7-12(3-4-14(11)20)13-8-17-19(9-13)6-5-16(2,10-25(23)24)15(21)18-22/h3-4,7-9,20,22H,5-6,10H2,1-2H3,(H,18,21)(H,23,24). The van der Waals surface area contributed by atoms with E-state index >= 15 is 0 Å². The Morgan fingerprint density at radius 2 is 2.12 bits per heavy atom. The van der Waals surface area contributed by atoms with Crippen LogP contribution in [0.15, 0.2) is 30.6 Å². The quantitative estimate of drug-likeness (QED) is 0.335. The summed E-state index contributed by atoms with van der Waals surface area (Å²) in [6.45, 7) is 3.65. The zero-order chi connectivity index (χ0) is 18.6. The Labute approximate surface area is 147 Å². The molecule has 0 fully saturated rings. The molecule has 9 heteroatoms. The maximum absolute atomic E-state index is 11.8. The van der Waals surface area contributed by atoms with Crippen LogP contribution in [0.25, 0.3) is 11.1 Å². The number of rotatable bonds is 7. The van der Waals surface area contributed by atoms with Crippen molar-refractivity contribution in [2.75, 3.05) is 5.75 Å². The molecule has 2 unspecified atom stereocenters. The Hall–Kier alpha value is -2.23. The molecule has 1 aromatic carbocycles. The molecule has 25 heavy (non-hydrogen) atoms. The summed E-state index contributed by atoms with van der Waals surface area (Å²) in [5.41, 5.74) is 2.85. The SMILES string of the molecule is Cc1cc(-c2cnn(CCC(C)(CS(=O)O)C(=O)NO)c2)ccc1O. The Kier molecular flexibility index (Phi) is 5.93. The first kappa shape index (κ1) is 19.1. The number of amides is 1. The second-order valence-electron chi connectivity index (χ2n) is 6.21. The molecule has 0 saturated heterocycles. The van der Waals surface area contributed by atoms with Crippen LogP contribution in [0.3, 0.4) is 0 Å². The molecule has 0 radical (unpaired) electrons. The molecule has 1 heterocycles. The Balaban J connectivity index is 2.13. The maximum Gasteiger partial charge on any atom is 0.250 e. The molecule has 0 spiro atoms. The zero-order valence-electron chi connectivity index (χ0n) is 14.0. The van der Waals surface area contributed by atoms with E-state index in [1.807, 2.05) is 6.07 Å². The van der Waals surface area contributed by atoms with Crippen molar-refractivity contribution in [2.24, 2.45) is 5.41 Å². The van der Waals surface area contributed by atoms with Gasteiger partial charge >= 0.3 is 0 Å². The van der Waals surface area contributed by atoms with Gasteiger partial charge in [-0.15, -0.1) is 0 Å². The number of hydroxylamine groups is 1. The molecule has 2 rings (SSSR count). The lowest BCUT2D eigenvalue weighted by molar-refractivity contribution is -0.138. The van der Waals surface area contributed by atoms with Crippen LogP contribution in [0, 0.1) is 12.3 Å². The van der Waals surface area contributed by atoms with Crippen molar-refractivity contribution in [3.8, 4) is 16.9 Å². The van der Waals surface area contributed by atoms with Gasteiger partial charge in [-0.05, 0) is 43.5 Å². The van der Waals surface area contributed by atoms with Crippen LogP contribution in [-0.2, 0) is 22.4 Å². The molecule has 2 aromatic rings. The monoisotopic (exact) mass is 367 g/mol. The van der Waals surface area contributed by atoms with E-state index in [-0.39, 0.29) is 17.9 Å². The average molecular weight is 367 g/mol. The first-order chi connectivity index (χ1) is 11.7. The number of aryl methyl sites for hydroxylation is 2. The summed E-state index contributed by atoms with van der Waals surface area (Å²) in [6, 6.07) is 5.23. The number of phenols is 1. The third kappa shape index (κ3) is 4.65. The minimum absolute atomic E-state index is 0.221. The van der Waals surface area contributed by atoms with Crippen LogP contribution < -0.4 is 5.48 Å². The van der Waals surface area contributed by atoms with Crippen LogP contribution in [0.1, 0.15) is 18.9 Å². The minimum Gasteiger partial charge on any atom is -0.508 e. The van der Waals surface area contributed by atoms with Crippen molar-refractivity contribution in [1.82, 2.24) is 15.3 Å². The zero-order valence-corrected chi connectivity index (χ0v) is 14.8. The molecule has 0 saturated carbocycles. The lowest BCUT2D eigenvalue weighted by atomic mass is 9.88. The Morgan fingerprint density at radius 3 is 2.72 bits per heavy atom. The van der Waals surface area contributed by atoms with Gasteiger partial charge in [-0.1, -0.05) is 6.07 Å². The highest BCUT2D eigenvalue weighted by atomic mass is 32.2. The number of nitrogens with zero attached hydrogens (tertiary/aromatic N) is 2. The number of aromatic nitrogens is 2. The van der Waals surface area contributed by atoms with E-state index in [0.29, 0.717) is 6.54 Å². The van der Waals surface area contributed by atoms with Gasteiger partial charge in [0.15, 0.2) is 11.1 Å². The van der Waals surface area contributed by atoms with Gasteiger partial charge in [-0.2, -0.15) is 5.10 Å². The molecule has 2 atom stereocenters. The number of hydrogen-bond acceptors (Lipinski definition) is 5. The van der Waals surface area contributed by atoms with Gasteiger partial charge < -0.3 is 9.66 Å². The van der Waals surface area contributed by atoms with E-state index in [0.717, 1.165) is 16.7 Å². The molecule has 136 valence electrons. The van der Waals surface area contributed by atoms with Gasteiger partial charge in [0.05, 0.1) is 17.4 Å². The number of aromatic hydroxyl groups is 1. The predicted octanol–water partition coefficient (Wildman–Crippen LogP) is 1.69. The number of phenolic OH excluding ortho intramolecular Hbond substituents is 1. The topological polar surface area (TPSA) is 125 Å². The molecule has 0 bridgehead atoms. The normalized spacial score (nSPS) is 14.7. The molecule has 8 nitrogen and oxygen atoms in total. The van der Waals surface area contributed by atoms with Crippen molar-refractivity contribution in [2.45, 2.75) is 26.8 Å². The van der Waals surface area contributed by atoms with Crippen molar-refractivity contribution >= 4 is 17.0 Å². The number of benzene rings is 1. The van der Waals surface area contributed by atoms with Crippen molar-refractivity contribution < 1.29 is 23.9 Å². The summed E-state index contributed by atoms with van der Waals surface area (Å²) in [6.07, 6.45) is 3.68. The predicted molar refractivity (Wildman–Crippen MR) is 92.4 cm³/mol. The lowest BCUT2D eigenvalue weighted by Gasteiger charge is -2.25. The van der Waals surface area contributed by atoms with E-state index in [1.165, 1.54) is 6.92 Å². The first-order valence-electron chi connectivity index (χ1n) is 7.59. The fourth-order valence-electron chi connectivity index (χ4n) is 2.49. The van der Waals surface area contributed by atoms with Gasteiger partial charge in [0.1, 0.15) is 5.75 Å². The highest BCUT2D eigenvalue weighted by Gasteiger charge is 2.35. The molecule has 0 aliphatic heterocycles. The summed E-state index contributed by atoms with van der Waals surface area (Å²) >= 11 is -2.17. The third-order valence-corrected chi connectivity index (χ3v) is 5.03. The largest absolute Gasteiger partial charge is 0.508 e. The average Bonchev–Trinajstić information content (AvgIpc) is 3.03. The number of carbonyl (C=O) groups is 1. The molecule has 1 aromatic heterocycles. The summed E-state index contributed by atoms with van der Waals surface area (Å²) in [7, 11) is 0. The van der Waals surface area contributed by atoms with E-state index in [9.17, 15) is 14.1 Å². The van der Waals surface area contributed by atoms with Gasteiger partial charge in [0, 0.05) is 18.3 Å². The highest BCUT2D eigenvalue weighted by Crippen LogP contribution is 2.27. The van der Waals surface area contributed by atoms with Gasteiger partial charge in [0.2, 0.25) is 5.91 Å². The van der Waals surface area contributed by atoms with Crippen LogP contribution in [0.2, 0.25) is 0 Å². The molecule has 0 aliphatic carbocycles. The van der Waals surface area contributed by atoms with Crippen molar-refractivity contribution in [1.29, 1.82) is 0 Å². The first-order valence-corrected chi connectivity index (χ1v) is 8.87. The second-order valence-corrected chi connectivity index (χ2v) is 7.14. The fourth-order valence-corrected chi connectivity index (χ4v) is 3.31. The number of carbonyl (C=O) groups excluding carboxylic acids is 1. The summed E-state index contributed by atoms with van der Waals surface area (Å²) in [4.78, 5) is 11.8. The Morgan fingerprint density at radius 1 is 1.40 bits per heavy atom. The number of nitrogens with one attached hydrogen (secondary N) is 1. The van der Waals surface area contributed by atoms with Crippen molar-refractivity contribution in [3.05, 3.63) is 36.2 Å². The van der Waals surface area contributed by atoms with Crippen LogP contribution in [0.4, 0.5) is 0 Å². The smallest absolute Gasteiger partial charge is 0.250 e. The van der Waals surface area contributed by atoms with Crippen molar-refractivity contribution in [3.63, 3.8) is 0 Å². The van der Waals surface area contributed by atoms with Crippen LogP contribution in [0.5, 0.6) is 5.75 Å². The van der Waals surface area contributed by atoms with Gasteiger partial charge in [-0.3, -0.25) is 14.7 Å². The summed E-state index contributed by atoms with van der Waals surface area (Å²) in [5.74, 6) is -0.777. The second kappa shape index (κ2) is 7.77. The minimum atomic E-state index is -2.17. The lowest BCUT2D eigenvalue weighted by Crippen LogP contribution is -2.42.